The van der Waals surface area contributed by atoms with Crippen LogP contribution in [0, 0.1) is 25.5 Å². The number of benzene rings is 6. The van der Waals surface area contributed by atoms with E-state index in [4.69, 9.17) is 26.9 Å². The van der Waals surface area contributed by atoms with Gasteiger partial charge in [-0.15, -0.1) is 22.7 Å². The lowest BCUT2D eigenvalue weighted by atomic mass is 9.99. The lowest BCUT2D eigenvalue weighted by Gasteiger charge is -2.17. The number of ether oxygens (including phenoxy) is 2. The van der Waals surface area contributed by atoms with Crippen molar-refractivity contribution in [2.45, 2.75) is 41.5 Å². The number of hydrogen-bond donors (Lipinski definition) is 4. The van der Waals surface area contributed by atoms with Gasteiger partial charge >= 0.3 is 20.2 Å². The molecule has 20 heteroatoms. The van der Waals surface area contributed by atoms with Gasteiger partial charge in [-0.2, -0.15) is 0 Å². The van der Waals surface area contributed by atoms with Gasteiger partial charge in [-0.1, -0.05) is 97.1 Å². The quantitative estimate of drug-likeness (QED) is 0.0674. The molecule has 400 valence electrons. The molecule has 0 aliphatic carbocycles. The number of rotatable bonds is 7. The Balaban J connectivity index is 0.000000164. The van der Waals surface area contributed by atoms with E-state index in [1.165, 1.54) is 45.6 Å². The monoisotopic (exact) mass is 1120 g/mol. The molecule has 3 aromatic heterocycles. The number of carbonyl (C=O) groups is 2. The number of thiol groups is 1. The molecule has 0 fully saturated rings. The molecule has 0 atom stereocenters. The maximum atomic E-state index is 12.3. The predicted octanol–water partition coefficient (Wildman–Crippen LogP) is 14.0. The minimum absolute atomic E-state index is 0.132. The molecule has 6 aromatic carbocycles. The van der Waals surface area contributed by atoms with Crippen molar-refractivity contribution in [2.24, 2.45) is 9.98 Å². The van der Waals surface area contributed by atoms with Crippen LogP contribution in [0.2, 0.25) is 0 Å². The molecular weight excluding hydrogens is 1060 g/mol. The van der Waals surface area contributed by atoms with E-state index in [2.05, 4.69) is 104 Å². The van der Waals surface area contributed by atoms with Crippen molar-refractivity contribution >= 4 is 111 Å². The topological polar surface area (TPSA) is 183 Å². The highest BCUT2D eigenvalue weighted by molar-refractivity contribution is 7.74. The summed E-state index contributed by atoms with van der Waals surface area (Å²) in [5.41, 5.74) is 5.70. The van der Waals surface area contributed by atoms with Gasteiger partial charge in [-0.05, 0) is 111 Å². The number of nitrogens with zero attached hydrogens (tertiary/aromatic N) is 4. The second-order valence-corrected chi connectivity index (χ2v) is 19.3. The number of allylic oxidation sites excluding steroid dienone is 2. The Kier molecular flexibility index (Phi) is 22.7. The Hall–Kier alpha value is -7.51. The third kappa shape index (κ3) is 15.8. The zero-order valence-electron chi connectivity index (χ0n) is 43.2. The average molecular weight is 1120 g/mol. The van der Waals surface area contributed by atoms with Crippen LogP contribution in [0.15, 0.2) is 185 Å². The fourth-order valence-corrected chi connectivity index (χ4v) is 9.47. The average Bonchev–Trinajstić information content (AvgIpc) is 4.27. The highest BCUT2D eigenvalue weighted by atomic mass is 32.1. The number of amidine groups is 2. The summed E-state index contributed by atoms with van der Waals surface area (Å²) in [5.74, 6) is 0.551. The van der Waals surface area contributed by atoms with Crippen molar-refractivity contribution in [3.8, 4) is 0 Å². The molecule has 0 saturated carbocycles. The summed E-state index contributed by atoms with van der Waals surface area (Å²) in [5, 5.41) is 18.4. The number of carbonyl (C=O) groups excluding carboxylic acids is 2. The molecule has 3 N–H and O–H groups in total. The van der Waals surface area contributed by atoms with E-state index in [0.29, 0.717) is 60.2 Å². The van der Waals surface area contributed by atoms with Crippen LogP contribution < -0.4 is 15.2 Å². The van der Waals surface area contributed by atoms with Gasteiger partial charge in [-0.3, -0.25) is 14.5 Å². The first kappa shape index (κ1) is 58.7. The Morgan fingerprint density at radius 2 is 1.00 bits per heavy atom. The lowest BCUT2D eigenvalue weighted by Crippen LogP contribution is -2.31. The normalized spacial score (nSPS) is 12.5. The molecule has 2 aliphatic heterocycles. The lowest BCUT2D eigenvalue weighted by molar-refractivity contribution is -0.139. The van der Waals surface area contributed by atoms with Crippen molar-refractivity contribution < 1.29 is 45.3 Å². The SMILES string of the molecule is CCOC(=O)C1=C(C)NC(c2nccs2)=NC1.CCOC(=O)C1=C(C)NC(c2nccs2)=NC1.COp1oc2ccc3ccccc3c2c2c(ccc3ccccc32)o1.Cc1ccccc1F.Cc1ccccc1F.OS. The van der Waals surface area contributed by atoms with Gasteiger partial charge < -0.3 is 33.1 Å². The fourth-order valence-electron chi connectivity index (χ4n) is 7.46. The minimum atomic E-state index is -1.48. The van der Waals surface area contributed by atoms with E-state index < -0.39 is 8.24 Å². The highest BCUT2D eigenvalue weighted by Gasteiger charge is 2.22. The molecule has 77 heavy (non-hydrogen) atoms. The van der Waals surface area contributed by atoms with Crippen molar-refractivity contribution in [1.82, 2.24) is 20.6 Å². The van der Waals surface area contributed by atoms with Gasteiger partial charge in [0.15, 0.2) is 21.7 Å². The second-order valence-electron chi connectivity index (χ2n) is 16.3. The van der Waals surface area contributed by atoms with E-state index in [-0.39, 0.29) is 23.6 Å². The number of hydrogen-bond acceptors (Lipinski definition) is 17. The van der Waals surface area contributed by atoms with Gasteiger partial charge in [0, 0.05) is 45.3 Å². The first-order chi connectivity index (χ1) is 37.4. The van der Waals surface area contributed by atoms with Crippen molar-refractivity contribution in [3.05, 3.63) is 200 Å². The highest BCUT2D eigenvalue weighted by Crippen LogP contribution is 2.40. The molecular formula is C57H57F2N6O8PS3. The molecule has 0 amide bonds. The van der Waals surface area contributed by atoms with Crippen LogP contribution in [0.5, 0.6) is 0 Å². The van der Waals surface area contributed by atoms with E-state index in [9.17, 15) is 18.4 Å². The van der Waals surface area contributed by atoms with Crippen LogP contribution in [-0.4, -0.2) is 71.5 Å². The Labute approximate surface area is 459 Å². The summed E-state index contributed by atoms with van der Waals surface area (Å²) >= 11 is 5.54. The maximum Gasteiger partial charge on any atom is 0.387 e. The summed E-state index contributed by atoms with van der Waals surface area (Å²) in [7, 11) is 0.129. The van der Waals surface area contributed by atoms with Gasteiger partial charge in [0.2, 0.25) is 0 Å². The first-order valence-electron chi connectivity index (χ1n) is 23.9. The molecule has 0 saturated heterocycles. The Bertz CT molecular complexity index is 3330. The minimum Gasteiger partial charge on any atom is -0.463 e. The van der Waals surface area contributed by atoms with Gasteiger partial charge in [0.1, 0.15) is 22.8 Å². The number of esters is 2. The first-order valence-corrected chi connectivity index (χ1v) is 27.2. The maximum absolute atomic E-state index is 12.3. The second kappa shape index (κ2) is 29.7. The van der Waals surface area contributed by atoms with Crippen LogP contribution in [-0.2, 0) is 19.1 Å². The van der Waals surface area contributed by atoms with Crippen molar-refractivity contribution in [1.29, 1.82) is 0 Å². The smallest absolute Gasteiger partial charge is 0.387 e. The molecule has 0 spiro atoms. The van der Waals surface area contributed by atoms with Gasteiger partial charge in [0.05, 0.1) is 44.6 Å². The summed E-state index contributed by atoms with van der Waals surface area (Å²) in [6.07, 6.45) is 3.45. The Morgan fingerprint density at radius 3 is 1.32 bits per heavy atom. The van der Waals surface area contributed by atoms with Crippen molar-refractivity contribution in [3.63, 3.8) is 0 Å². The molecule has 11 rings (SSSR count). The van der Waals surface area contributed by atoms with Crippen LogP contribution in [0.3, 0.4) is 0 Å². The summed E-state index contributed by atoms with van der Waals surface area (Å²) in [6.45, 7) is 12.2. The molecule has 14 nitrogen and oxygen atoms in total. The molecule has 9 aromatic rings. The molecule has 0 radical (unpaired) electrons. The number of aryl methyl sites for hydroxylation is 2. The summed E-state index contributed by atoms with van der Waals surface area (Å²) in [6, 6.07) is 38.3. The van der Waals surface area contributed by atoms with Crippen LogP contribution >= 0.6 is 43.8 Å². The van der Waals surface area contributed by atoms with E-state index in [0.717, 1.165) is 54.1 Å². The summed E-state index contributed by atoms with van der Waals surface area (Å²) < 4.78 is 58.8. The van der Waals surface area contributed by atoms with Crippen LogP contribution in [0.1, 0.15) is 48.8 Å². The van der Waals surface area contributed by atoms with E-state index in [1.54, 1.807) is 71.5 Å². The fraction of sp³-hybridized carbons (Fsp3) is 0.193. The largest absolute Gasteiger partial charge is 0.463 e. The van der Waals surface area contributed by atoms with Gasteiger partial charge in [-0.25, -0.2) is 28.3 Å². The zero-order chi connectivity index (χ0) is 55.3. The number of halogens is 2. The van der Waals surface area contributed by atoms with E-state index >= 15 is 0 Å². The van der Waals surface area contributed by atoms with Crippen LogP contribution in [0.4, 0.5) is 8.78 Å². The zero-order valence-corrected chi connectivity index (χ0v) is 46.7. The predicted molar refractivity (Wildman–Crippen MR) is 310 cm³/mol. The molecule has 0 bridgehead atoms. The number of thiazole rings is 2. The van der Waals surface area contributed by atoms with E-state index in [1.807, 2.05) is 48.9 Å². The molecule has 0 unspecified atom stereocenters. The van der Waals surface area contributed by atoms with Crippen molar-refractivity contribution in [2.75, 3.05) is 33.4 Å². The van der Waals surface area contributed by atoms with Gasteiger partial charge in [0.25, 0.3) is 0 Å². The van der Waals surface area contributed by atoms with Crippen LogP contribution in [0.25, 0.3) is 43.5 Å². The number of aromatic nitrogens is 2. The molecule has 2 aliphatic rings. The Morgan fingerprint density at radius 1 is 0.610 bits per heavy atom. The third-order valence-electron chi connectivity index (χ3n) is 11.3. The summed E-state index contributed by atoms with van der Waals surface area (Å²) in [4.78, 5) is 40.1. The third-order valence-corrected chi connectivity index (χ3v) is 13.9. The number of aliphatic imine (C=N–C) groups is 2. The number of fused-ring (bicyclic) bond motifs is 7. The molecule has 5 heterocycles. The standard InChI is InChI=1S/C21H15O3P.2C11H13N3O2S.2C7H7F.H2OS/c1-22-25-23-18-12-10-14-6-2-4-8-16(14)20(18)21-17-9-5-3-7-15(17)11-13-19(21)24-25;2*1-3-16-11(15)8-6-13-9(14-7(8)2)10-12-4-5-17-10;2*1-6-4-2-3-5-7(6)8;1-2/h2-13H,1H3;2*4-5H,3,6H2,1-2H3,(H,13,14);2*2-5H,1H3;1-2H. The number of nitrogens with one attached hydrogen (secondary N) is 2.